The average Bonchev–Trinajstić information content (AvgIpc) is 3.26. The van der Waals surface area contributed by atoms with Gasteiger partial charge in [0, 0.05) is 31.5 Å². The van der Waals surface area contributed by atoms with Crippen LogP contribution in [0.1, 0.15) is 36.1 Å². The molecule has 0 amide bonds. The Morgan fingerprint density at radius 3 is 2.89 bits per heavy atom. The van der Waals surface area contributed by atoms with Crippen molar-refractivity contribution in [1.82, 2.24) is 24.4 Å². The number of halogens is 1. The summed E-state index contributed by atoms with van der Waals surface area (Å²) in [6.45, 7) is 3.68. The number of likely N-dealkylation sites (tertiary alicyclic amines) is 1. The number of nitrogens with zero attached hydrogens (tertiary/aromatic N) is 5. The summed E-state index contributed by atoms with van der Waals surface area (Å²) in [4.78, 5) is 15.8. The quantitative estimate of drug-likeness (QED) is 0.687. The molecule has 1 aromatic carbocycles. The number of hydrogen-bond donors (Lipinski definition) is 0. The molecule has 1 saturated heterocycles. The maximum atomic E-state index is 13.9. The zero-order valence-electron chi connectivity index (χ0n) is 15.5. The van der Waals surface area contributed by atoms with Gasteiger partial charge >= 0.3 is 0 Å². The third-order valence-corrected chi connectivity index (χ3v) is 4.84. The van der Waals surface area contributed by atoms with Crippen LogP contribution in [0.5, 0.6) is 11.6 Å². The molecule has 1 aliphatic heterocycles. The second kappa shape index (κ2) is 7.44. The van der Waals surface area contributed by atoms with Crippen molar-refractivity contribution in [3.05, 3.63) is 65.9 Å². The van der Waals surface area contributed by atoms with Gasteiger partial charge in [-0.2, -0.15) is 4.98 Å². The van der Waals surface area contributed by atoms with E-state index < -0.39 is 5.82 Å². The lowest BCUT2D eigenvalue weighted by atomic mass is 10.2. The first-order chi connectivity index (χ1) is 13.1. The molecule has 4 rings (SSSR count). The molecule has 0 radical (unpaired) electrons. The number of rotatable bonds is 5. The molecule has 1 fully saturated rings. The molecular formula is C20H22FN5O. The summed E-state index contributed by atoms with van der Waals surface area (Å²) in [5.41, 5.74) is 1.95. The Balaban J connectivity index is 1.58. The lowest BCUT2D eigenvalue weighted by Gasteiger charge is -2.23. The largest absolute Gasteiger partial charge is 0.436 e. The minimum absolute atomic E-state index is 0.114. The molecule has 1 unspecified atom stereocenters. The van der Waals surface area contributed by atoms with E-state index in [4.69, 9.17) is 4.74 Å². The predicted octanol–water partition coefficient (Wildman–Crippen LogP) is 3.79. The van der Waals surface area contributed by atoms with E-state index >= 15 is 0 Å². The summed E-state index contributed by atoms with van der Waals surface area (Å²) >= 11 is 0. The summed E-state index contributed by atoms with van der Waals surface area (Å²) in [6, 6.07) is 8.18. The fourth-order valence-electron chi connectivity index (χ4n) is 3.46. The van der Waals surface area contributed by atoms with Crippen LogP contribution in [0, 0.1) is 12.7 Å². The molecule has 27 heavy (non-hydrogen) atoms. The number of para-hydroxylation sites is 1. The van der Waals surface area contributed by atoms with Crippen molar-refractivity contribution in [3.63, 3.8) is 0 Å². The molecule has 0 N–H and O–H groups in total. The van der Waals surface area contributed by atoms with Gasteiger partial charge in [0.25, 0.3) is 0 Å². The monoisotopic (exact) mass is 367 g/mol. The molecule has 2 aromatic heterocycles. The summed E-state index contributed by atoms with van der Waals surface area (Å²) in [5, 5.41) is 0. The van der Waals surface area contributed by atoms with Gasteiger partial charge in [-0.25, -0.2) is 14.4 Å². The van der Waals surface area contributed by atoms with E-state index in [1.165, 1.54) is 6.07 Å². The lowest BCUT2D eigenvalue weighted by Crippen LogP contribution is -2.25. The van der Waals surface area contributed by atoms with Crippen LogP contribution in [0.4, 0.5) is 4.39 Å². The zero-order chi connectivity index (χ0) is 18.8. The van der Waals surface area contributed by atoms with E-state index in [0.717, 1.165) is 43.1 Å². The van der Waals surface area contributed by atoms with Gasteiger partial charge in [-0.15, -0.1) is 0 Å². The Hall–Kier alpha value is -2.80. The van der Waals surface area contributed by atoms with Crippen molar-refractivity contribution in [3.8, 4) is 11.6 Å². The van der Waals surface area contributed by atoms with E-state index in [2.05, 4.69) is 19.9 Å². The van der Waals surface area contributed by atoms with Crippen LogP contribution < -0.4 is 4.74 Å². The molecule has 1 atom stereocenters. The first-order valence-corrected chi connectivity index (χ1v) is 9.07. The Kier molecular flexibility index (Phi) is 4.85. The Labute approximate surface area is 157 Å². The maximum absolute atomic E-state index is 13.9. The van der Waals surface area contributed by atoms with Gasteiger partial charge in [0.05, 0.1) is 18.1 Å². The molecule has 7 heteroatoms. The van der Waals surface area contributed by atoms with Crippen LogP contribution in [0.3, 0.4) is 0 Å². The second-order valence-electron chi connectivity index (χ2n) is 6.86. The summed E-state index contributed by atoms with van der Waals surface area (Å²) in [6.07, 6.45) is 5.77. The molecular weight excluding hydrogens is 345 g/mol. The highest BCUT2D eigenvalue weighted by atomic mass is 19.1. The van der Waals surface area contributed by atoms with Gasteiger partial charge in [-0.05, 0) is 38.4 Å². The number of aryl methyl sites for hydroxylation is 2. The molecule has 6 nitrogen and oxygen atoms in total. The Bertz CT molecular complexity index is 942. The van der Waals surface area contributed by atoms with Gasteiger partial charge in [0.1, 0.15) is 5.82 Å². The number of ether oxygens (including phenoxy) is 1. The lowest BCUT2D eigenvalue weighted by molar-refractivity contribution is 0.233. The SMILES string of the molecule is Cc1cc(Oc2ccccc2F)nc(C2CCCN2Cc2cncn2C)n1. The fraction of sp³-hybridized carbons (Fsp3) is 0.350. The predicted molar refractivity (Wildman–Crippen MR) is 98.8 cm³/mol. The Morgan fingerprint density at radius 2 is 2.11 bits per heavy atom. The highest BCUT2D eigenvalue weighted by molar-refractivity contribution is 5.29. The average molecular weight is 367 g/mol. The van der Waals surface area contributed by atoms with E-state index in [-0.39, 0.29) is 11.8 Å². The molecule has 0 aliphatic carbocycles. The van der Waals surface area contributed by atoms with Gasteiger partial charge in [-0.1, -0.05) is 12.1 Å². The zero-order valence-corrected chi connectivity index (χ0v) is 15.5. The van der Waals surface area contributed by atoms with Crippen molar-refractivity contribution in [2.45, 2.75) is 32.4 Å². The molecule has 0 bridgehead atoms. The first kappa shape index (κ1) is 17.6. The number of hydrogen-bond acceptors (Lipinski definition) is 5. The van der Waals surface area contributed by atoms with Crippen LogP contribution in [0.2, 0.25) is 0 Å². The topological polar surface area (TPSA) is 56.1 Å². The van der Waals surface area contributed by atoms with Crippen molar-refractivity contribution in [2.75, 3.05) is 6.54 Å². The molecule has 140 valence electrons. The molecule has 0 saturated carbocycles. The standard InChI is InChI=1S/C20H22FN5O/c1-14-10-19(27-18-8-4-3-6-16(18)21)24-20(23-14)17-7-5-9-26(17)12-15-11-22-13-25(15)2/h3-4,6,8,10-11,13,17H,5,7,9,12H2,1-2H3. The van der Waals surface area contributed by atoms with E-state index in [0.29, 0.717) is 5.88 Å². The second-order valence-corrected chi connectivity index (χ2v) is 6.86. The molecule has 3 heterocycles. The van der Waals surface area contributed by atoms with Crippen molar-refractivity contribution in [2.24, 2.45) is 7.05 Å². The minimum Gasteiger partial charge on any atom is -0.436 e. The van der Waals surface area contributed by atoms with Crippen LogP contribution in [-0.4, -0.2) is 31.0 Å². The van der Waals surface area contributed by atoms with Gasteiger partial charge < -0.3 is 9.30 Å². The minimum atomic E-state index is -0.408. The smallest absolute Gasteiger partial charge is 0.222 e. The summed E-state index contributed by atoms with van der Waals surface area (Å²) in [7, 11) is 2.00. The molecule has 0 spiro atoms. The number of aromatic nitrogens is 4. The number of benzene rings is 1. The highest BCUT2D eigenvalue weighted by Gasteiger charge is 2.29. The van der Waals surface area contributed by atoms with E-state index in [9.17, 15) is 4.39 Å². The third kappa shape index (κ3) is 3.83. The first-order valence-electron chi connectivity index (χ1n) is 9.07. The summed E-state index contributed by atoms with van der Waals surface area (Å²) < 4.78 is 21.6. The molecule has 1 aliphatic rings. The van der Waals surface area contributed by atoms with Crippen molar-refractivity contribution >= 4 is 0 Å². The van der Waals surface area contributed by atoms with E-state index in [1.807, 2.05) is 31.1 Å². The van der Waals surface area contributed by atoms with Crippen LogP contribution in [0.25, 0.3) is 0 Å². The fourth-order valence-corrected chi connectivity index (χ4v) is 3.46. The normalized spacial score (nSPS) is 17.4. The third-order valence-electron chi connectivity index (χ3n) is 4.84. The van der Waals surface area contributed by atoms with Crippen LogP contribution in [-0.2, 0) is 13.6 Å². The van der Waals surface area contributed by atoms with Crippen molar-refractivity contribution < 1.29 is 9.13 Å². The van der Waals surface area contributed by atoms with Crippen LogP contribution in [0.15, 0.2) is 42.9 Å². The molecule has 3 aromatic rings. The maximum Gasteiger partial charge on any atom is 0.222 e. The highest BCUT2D eigenvalue weighted by Crippen LogP contribution is 2.33. The van der Waals surface area contributed by atoms with Crippen LogP contribution >= 0.6 is 0 Å². The van der Waals surface area contributed by atoms with Crippen molar-refractivity contribution in [1.29, 1.82) is 0 Å². The Morgan fingerprint density at radius 1 is 1.26 bits per heavy atom. The van der Waals surface area contributed by atoms with Gasteiger partial charge in [0.15, 0.2) is 11.6 Å². The van der Waals surface area contributed by atoms with Gasteiger partial charge in [-0.3, -0.25) is 4.90 Å². The number of imidazole rings is 1. The summed E-state index contributed by atoms with van der Waals surface area (Å²) in [5.74, 6) is 0.852. The van der Waals surface area contributed by atoms with Gasteiger partial charge in [0.2, 0.25) is 5.88 Å². The van der Waals surface area contributed by atoms with E-state index in [1.54, 1.807) is 24.3 Å².